The van der Waals surface area contributed by atoms with E-state index in [0.29, 0.717) is 11.6 Å². The van der Waals surface area contributed by atoms with Crippen LogP contribution in [0.5, 0.6) is 0 Å². The second-order valence-corrected chi connectivity index (χ2v) is 3.20. The molecule has 1 aromatic heterocycles. The highest BCUT2D eigenvalue weighted by atomic mass is 16.4. The van der Waals surface area contributed by atoms with Crippen LogP contribution in [0.2, 0.25) is 0 Å². The summed E-state index contributed by atoms with van der Waals surface area (Å²) in [5.74, 6) is -1.08. The number of carbonyl (C=O) groups excluding carboxylic acids is 1. The van der Waals surface area contributed by atoms with Gasteiger partial charge in [0.05, 0.1) is 5.69 Å². The molecule has 0 saturated carbocycles. The molecule has 0 unspecified atom stereocenters. The molecule has 0 aliphatic rings. The quantitative estimate of drug-likeness (QED) is 0.763. The highest BCUT2D eigenvalue weighted by Crippen LogP contribution is 2.02. The molecule has 0 spiro atoms. The van der Waals surface area contributed by atoms with E-state index in [1.165, 1.54) is 13.3 Å². The minimum absolute atomic E-state index is 0.0163. The average Bonchev–Trinajstić information content (AvgIpc) is 2.50. The molecule has 6 nitrogen and oxygen atoms in total. The van der Waals surface area contributed by atoms with Crippen LogP contribution in [0.15, 0.2) is 10.7 Å². The summed E-state index contributed by atoms with van der Waals surface area (Å²) >= 11 is 0. The molecule has 0 atom stereocenters. The molecule has 1 N–H and O–H groups in total. The number of nitrogens with zero attached hydrogens (tertiary/aromatic N) is 2. The Morgan fingerprint density at radius 1 is 1.60 bits per heavy atom. The van der Waals surface area contributed by atoms with Crippen LogP contribution in [0, 0.1) is 6.92 Å². The molecule has 1 amide bonds. The van der Waals surface area contributed by atoms with Gasteiger partial charge in [-0.2, -0.15) is 0 Å². The number of hydrogen-bond donors (Lipinski definition) is 1. The average molecular weight is 212 g/mol. The summed E-state index contributed by atoms with van der Waals surface area (Å²) < 4.78 is 4.98. The lowest BCUT2D eigenvalue weighted by molar-refractivity contribution is -0.143. The van der Waals surface area contributed by atoms with Gasteiger partial charge in [-0.05, 0) is 6.92 Å². The molecule has 0 radical (unpaired) electrons. The first kappa shape index (κ1) is 11.2. The zero-order valence-electron chi connectivity index (χ0n) is 8.56. The topological polar surface area (TPSA) is 83.6 Å². The van der Waals surface area contributed by atoms with E-state index >= 15 is 0 Å². The summed E-state index contributed by atoms with van der Waals surface area (Å²) in [4.78, 5) is 26.8. The number of aliphatic carboxylic acids is 1. The van der Waals surface area contributed by atoms with Crippen LogP contribution < -0.4 is 0 Å². The monoisotopic (exact) mass is 212 g/mol. The summed E-state index contributed by atoms with van der Waals surface area (Å²) in [6.07, 6.45) is 1.43. The predicted octanol–water partition coefficient (Wildman–Crippen LogP) is 0.0685. The maximum atomic E-state index is 11.4. The number of carbonyl (C=O) groups is 2. The number of rotatable bonds is 4. The fourth-order valence-electron chi connectivity index (χ4n) is 1.04. The van der Waals surface area contributed by atoms with E-state index in [1.807, 2.05) is 0 Å². The van der Waals surface area contributed by atoms with Crippen molar-refractivity contribution in [1.82, 2.24) is 9.88 Å². The van der Waals surface area contributed by atoms with Crippen LogP contribution in [0.3, 0.4) is 0 Å². The molecule has 1 rings (SSSR count). The van der Waals surface area contributed by atoms with Crippen molar-refractivity contribution in [3.63, 3.8) is 0 Å². The molecule has 82 valence electrons. The van der Waals surface area contributed by atoms with Gasteiger partial charge >= 0.3 is 5.97 Å². The van der Waals surface area contributed by atoms with Crippen molar-refractivity contribution < 1.29 is 19.1 Å². The van der Waals surface area contributed by atoms with Crippen molar-refractivity contribution in [1.29, 1.82) is 0 Å². The van der Waals surface area contributed by atoms with Crippen molar-refractivity contribution in [3.05, 3.63) is 17.8 Å². The van der Waals surface area contributed by atoms with Crippen molar-refractivity contribution >= 4 is 11.9 Å². The maximum Gasteiger partial charge on any atom is 0.323 e. The number of oxazole rings is 1. The van der Waals surface area contributed by atoms with E-state index in [2.05, 4.69) is 4.98 Å². The van der Waals surface area contributed by atoms with Crippen molar-refractivity contribution in [2.24, 2.45) is 0 Å². The molecule has 6 heteroatoms. The Bertz CT molecular complexity index is 372. The van der Waals surface area contributed by atoms with E-state index in [0.717, 1.165) is 4.90 Å². The summed E-state index contributed by atoms with van der Waals surface area (Å²) in [6.45, 7) is 1.43. The lowest BCUT2D eigenvalue weighted by Crippen LogP contribution is -2.33. The van der Waals surface area contributed by atoms with Crippen LogP contribution >= 0.6 is 0 Å². The zero-order valence-corrected chi connectivity index (χ0v) is 8.56. The van der Waals surface area contributed by atoms with Crippen LogP contribution in [0.25, 0.3) is 0 Å². The number of likely N-dealkylation sites (N-methyl/N-ethyl adjacent to an activating group) is 1. The number of aryl methyl sites for hydroxylation is 1. The highest BCUT2D eigenvalue weighted by molar-refractivity contribution is 5.82. The molecule has 0 bridgehead atoms. The first-order chi connectivity index (χ1) is 6.99. The van der Waals surface area contributed by atoms with Crippen LogP contribution in [-0.4, -0.2) is 40.5 Å². The van der Waals surface area contributed by atoms with E-state index in [9.17, 15) is 9.59 Å². The Kier molecular flexibility index (Phi) is 3.43. The predicted molar refractivity (Wildman–Crippen MR) is 50.2 cm³/mol. The van der Waals surface area contributed by atoms with E-state index in [-0.39, 0.29) is 18.9 Å². The Hall–Kier alpha value is -1.85. The minimum Gasteiger partial charge on any atom is -0.480 e. The normalized spacial score (nSPS) is 10.0. The SMILES string of the molecule is Cc1coc(CC(=O)N(C)CC(=O)O)n1. The van der Waals surface area contributed by atoms with Gasteiger partial charge in [0.15, 0.2) is 0 Å². The van der Waals surface area contributed by atoms with Gasteiger partial charge in [0.2, 0.25) is 11.8 Å². The lowest BCUT2D eigenvalue weighted by Gasteiger charge is -2.12. The third kappa shape index (κ3) is 3.41. The minimum atomic E-state index is -1.05. The van der Waals surface area contributed by atoms with Gasteiger partial charge in [0.1, 0.15) is 19.2 Å². The van der Waals surface area contributed by atoms with E-state index in [1.54, 1.807) is 6.92 Å². The Labute approximate surface area is 86.5 Å². The number of aromatic nitrogens is 1. The molecule has 1 aromatic rings. The van der Waals surface area contributed by atoms with E-state index in [4.69, 9.17) is 9.52 Å². The van der Waals surface area contributed by atoms with Crippen molar-refractivity contribution in [2.45, 2.75) is 13.3 Å². The number of carboxylic acids is 1. The first-order valence-corrected chi connectivity index (χ1v) is 4.36. The number of hydrogen-bond acceptors (Lipinski definition) is 4. The maximum absolute atomic E-state index is 11.4. The Morgan fingerprint density at radius 3 is 2.73 bits per heavy atom. The fourth-order valence-corrected chi connectivity index (χ4v) is 1.04. The van der Waals surface area contributed by atoms with Gasteiger partial charge in [-0.15, -0.1) is 0 Å². The largest absolute Gasteiger partial charge is 0.480 e. The molecule has 0 saturated heterocycles. The fraction of sp³-hybridized carbons (Fsp3) is 0.444. The van der Waals surface area contributed by atoms with Crippen LogP contribution in [0.4, 0.5) is 0 Å². The molecule has 15 heavy (non-hydrogen) atoms. The number of carboxylic acid groups (broad SMARTS) is 1. The van der Waals surface area contributed by atoms with Crippen molar-refractivity contribution in [2.75, 3.05) is 13.6 Å². The molecule has 0 aromatic carbocycles. The Balaban J connectivity index is 2.52. The molecule has 1 heterocycles. The third-order valence-corrected chi connectivity index (χ3v) is 1.77. The van der Waals surface area contributed by atoms with Crippen molar-refractivity contribution in [3.8, 4) is 0 Å². The van der Waals surface area contributed by atoms with Gasteiger partial charge in [-0.1, -0.05) is 0 Å². The van der Waals surface area contributed by atoms with E-state index < -0.39 is 5.97 Å². The summed E-state index contributed by atoms with van der Waals surface area (Å²) in [5.41, 5.74) is 0.693. The summed E-state index contributed by atoms with van der Waals surface area (Å²) in [5, 5.41) is 8.47. The van der Waals surface area contributed by atoms with Gasteiger partial charge in [0, 0.05) is 7.05 Å². The summed E-state index contributed by atoms with van der Waals surface area (Å²) in [7, 11) is 1.42. The standard InChI is InChI=1S/C9H12N2O4/c1-6-5-15-7(10-6)3-8(12)11(2)4-9(13)14/h5H,3-4H2,1-2H3,(H,13,14). The Morgan fingerprint density at radius 2 is 2.27 bits per heavy atom. The van der Waals surface area contributed by atoms with Crippen LogP contribution in [0.1, 0.15) is 11.6 Å². The molecule has 0 aliphatic heterocycles. The molecule has 0 aliphatic carbocycles. The van der Waals surface area contributed by atoms with Gasteiger partial charge in [-0.3, -0.25) is 9.59 Å². The third-order valence-electron chi connectivity index (χ3n) is 1.77. The molecular formula is C9H12N2O4. The number of amides is 1. The molecule has 0 fully saturated rings. The zero-order chi connectivity index (χ0) is 11.4. The van der Waals surface area contributed by atoms with Crippen LogP contribution in [-0.2, 0) is 16.0 Å². The second kappa shape index (κ2) is 4.59. The smallest absolute Gasteiger partial charge is 0.323 e. The first-order valence-electron chi connectivity index (χ1n) is 4.36. The van der Waals surface area contributed by atoms with Gasteiger partial charge in [-0.25, -0.2) is 4.98 Å². The van der Waals surface area contributed by atoms with Gasteiger partial charge < -0.3 is 14.4 Å². The molecular weight excluding hydrogens is 200 g/mol. The lowest BCUT2D eigenvalue weighted by atomic mass is 10.3. The summed E-state index contributed by atoms with van der Waals surface area (Å²) in [6, 6.07) is 0. The highest BCUT2D eigenvalue weighted by Gasteiger charge is 2.15. The second-order valence-electron chi connectivity index (χ2n) is 3.20. The van der Waals surface area contributed by atoms with Gasteiger partial charge in [0.25, 0.3) is 0 Å².